The SMILES string of the molecule is CC(OCC1CCCCN1)c1ccccn1.Cl. The van der Waals surface area contributed by atoms with Crippen LogP contribution in [0.1, 0.15) is 38.0 Å². The van der Waals surface area contributed by atoms with Crippen molar-refractivity contribution in [1.82, 2.24) is 10.3 Å². The van der Waals surface area contributed by atoms with Gasteiger partial charge in [0.1, 0.15) is 0 Å². The molecule has 1 aliphatic heterocycles. The largest absolute Gasteiger partial charge is 0.371 e. The van der Waals surface area contributed by atoms with Gasteiger partial charge in [0.05, 0.1) is 18.4 Å². The van der Waals surface area contributed by atoms with Crippen molar-refractivity contribution in [1.29, 1.82) is 0 Å². The van der Waals surface area contributed by atoms with Gasteiger partial charge in [0.2, 0.25) is 0 Å². The van der Waals surface area contributed by atoms with Crippen molar-refractivity contribution in [3.8, 4) is 0 Å². The monoisotopic (exact) mass is 256 g/mol. The maximum atomic E-state index is 5.84. The molecular formula is C13H21ClN2O. The summed E-state index contributed by atoms with van der Waals surface area (Å²) in [5.74, 6) is 0. The third-order valence-electron chi connectivity index (χ3n) is 3.06. The molecule has 1 aliphatic rings. The lowest BCUT2D eigenvalue weighted by Crippen LogP contribution is -2.37. The Morgan fingerprint density at radius 1 is 1.47 bits per heavy atom. The Hall–Kier alpha value is -0.640. The van der Waals surface area contributed by atoms with E-state index in [0.717, 1.165) is 18.8 Å². The van der Waals surface area contributed by atoms with Crippen molar-refractivity contribution in [2.45, 2.75) is 38.3 Å². The van der Waals surface area contributed by atoms with Gasteiger partial charge in [0.25, 0.3) is 0 Å². The molecule has 96 valence electrons. The van der Waals surface area contributed by atoms with Crippen molar-refractivity contribution < 1.29 is 4.74 Å². The van der Waals surface area contributed by atoms with Crippen LogP contribution in [0.4, 0.5) is 0 Å². The number of ether oxygens (including phenoxy) is 1. The predicted molar refractivity (Wildman–Crippen MR) is 71.5 cm³/mol. The lowest BCUT2D eigenvalue weighted by molar-refractivity contribution is 0.0416. The molecule has 2 heterocycles. The highest BCUT2D eigenvalue weighted by atomic mass is 35.5. The molecule has 17 heavy (non-hydrogen) atoms. The van der Waals surface area contributed by atoms with Crippen LogP contribution < -0.4 is 5.32 Å². The van der Waals surface area contributed by atoms with Crippen LogP contribution in [0, 0.1) is 0 Å². The number of pyridine rings is 1. The summed E-state index contributed by atoms with van der Waals surface area (Å²) in [5, 5.41) is 3.48. The van der Waals surface area contributed by atoms with Crippen molar-refractivity contribution in [3.05, 3.63) is 30.1 Å². The Bertz CT molecular complexity index is 302. The second kappa shape index (κ2) is 7.64. The van der Waals surface area contributed by atoms with E-state index in [9.17, 15) is 0 Å². The number of hydrogen-bond donors (Lipinski definition) is 1. The fourth-order valence-electron chi connectivity index (χ4n) is 2.03. The summed E-state index contributed by atoms with van der Waals surface area (Å²) >= 11 is 0. The topological polar surface area (TPSA) is 34.1 Å². The van der Waals surface area contributed by atoms with Crippen LogP contribution in [0.2, 0.25) is 0 Å². The lowest BCUT2D eigenvalue weighted by atomic mass is 10.1. The standard InChI is InChI=1S/C13H20N2O.ClH/c1-11(13-7-3-5-9-15-13)16-10-12-6-2-4-8-14-12;/h3,5,7,9,11-12,14H,2,4,6,8,10H2,1H3;1H. The van der Waals surface area contributed by atoms with Crippen LogP contribution >= 0.6 is 12.4 Å². The van der Waals surface area contributed by atoms with Gasteiger partial charge in [-0.25, -0.2) is 0 Å². The summed E-state index contributed by atoms with van der Waals surface area (Å²) in [5.41, 5.74) is 1.01. The van der Waals surface area contributed by atoms with Crippen LogP contribution in [0.15, 0.2) is 24.4 Å². The predicted octanol–water partition coefficient (Wildman–Crippen LogP) is 2.72. The second-order valence-corrected chi connectivity index (χ2v) is 4.38. The maximum absolute atomic E-state index is 5.84. The zero-order chi connectivity index (χ0) is 11.2. The number of nitrogens with zero attached hydrogens (tertiary/aromatic N) is 1. The first-order valence-electron chi connectivity index (χ1n) is 6.12. The van der Waals surface area contributed by atoms with E-state index in [0.29, 0.717) is 6.04 Å². The van der Waals surface area contributed by atoms with Crippen LogP contribution in [0.5, 0.6) is 0 Å². The quantitative estimate of drug-likeness (QED) is 0.900. The van der Waals surface area contributed by atoms with Gasteiger partial charge in [0, 0.05) is 12.2 Å². The van der Waals surface area contributed by atoms with E-state index in [1.54, 1.807) is 0 Å². The molecule has 3 nitrogen and oxygen atoms in total. The first-order valence-corrected chi connectivity index (χ1v) is 6.12. The van der Waals surface area contributed by atoms with E-state index in [1.165, 1.54) is 19.3 Å². The molecule has 0 aliphatic carbocycles. The molecule has 2 unspecified atom stereocenters. The molecule has 4 heteroatoms. The normalized spacial score (nSPS) is 21.6. The van der Waals surface area contributed by atoms with Crippen LogP contribution in [0.25, 0.3) is 0 Å². The Morgan fingerprint density at radius 3 is 3.00 bits per heavy atom. The maximum Gasteiger partial charge on any atom is 0.0967 e. The minimum absolute atomic E-state index is 0. The summed E-state index contributed by atoms with van der Waals surface area (Å²) in [7, 11) is 0. The Labute approximate surface area is 109 Å². The third-order valence-corrected chi connectivity index (χ3v) is 3.06. The summed E-state index contributed by atoms with van der Waals surface area (Å²) < 4.78 is 5.84. The number of nitrogens with one attached hydrogen (secondary N) is 1. The Morgan fingerprint density at radius 2 is 2.35 bits per heavy atom. The number of rotatable bonds is 4. The van der Waals surface area contributed by atoms with E-state index in [-0.39, 0.29) is 18.5 Å². The minimum atomic E-state index is 0. The van der Waals surface area contributed by atoms with Crippen molar-refractivity contribution in [2.75, 3.05) is 13.2 Å². The van der Waals surface area contributed by atoms with Crippen LogP contribution in [0.3, 0.4) is 0 Å². The molecule has 0 saturated carbocycles. The summed E-state index contributed by atoms with van der Waals surface area (Å²) in [6, 6.07) is 6.47. The molecule has 2 rings (SSSR count). The van der Waals surface area contributed by atoms with Gasteiger partial charge < -0.3 is 10.1 Å². The Kier molecular flexibility index (Phi) is 6.48. The van der Waals surface area contributed by atoms with Crippen LogP contribution in [-0.2, 0) is 4.74 Å². The van der Waals surface area contributed by atoms with Gasteiger partial charge in [-0.3, -0.25) is 4.98 Å². The average molecular weight is 257 g/mol. The lowest BCUT2D eigenvalue weighted by Gasteiger charge is -2.24. The molecule has 1 N–H and O–H groups in total. The molecular weight excluding hydrogens is 236 g/mol. The molecule has 1 fully saturated rings. The molecule has 1 aromatic rings. The van der Waals surface area contributed by atoms with E-state index in [2.05, 4.69) is 17.2 Å². The molecule has 0 bridgehead atoms. The van der Waals surface area contributed by atoms with Gasteiger partial charge in [-0.1, -0.05) is 12.5 Å². The smallest absolute Gasteiger partial charge is 0.0967 e. The molecule has 0 spiro atoms. The van der Waals surface area contributed by atoms with Gasteiger partial charge in [-0.05, 0) is 38.4 Å². The van der Waals surface area contributed by atoms with E-state index in [4.69, 9.17) is 4.74 Å². The van der Waals surface area contributed by atoms with E-state index >= 15 is 0 Å². The first-order chi connectivity index (χ1) is 7.86. The summed E-state index contributed by atoms with van der Waals surface area (Å²) in [4.78, 5) is 4.30. The van der Waals surface area contributed by atoms with Gasteiger partial charge in [-0.15, -0.1) is 12.4 Å². The highest BCUT2D eigenvalue weighted by Crippen LogP contribution is 2.15. The van der Waals surface area contributed by atoms with Gasteiger partial charge >= 0.3 is 0 Å². The van der Waals surface area contributed by atoms with Crippen molar-refractivity contribution >= 4 is 12.4 Å². The zero-order valence-electron chi connectivity index (χ0n) is 10.3. The molecule has 0 amide bonds. The van der Waals surface area contributed by atoms with Crippen molar-refractivity contribution in [3.63, 3.8) is 0 Å². The Balaban J connectivity index is 0.00000144. The van der Waals surface area contributed by atoms with E-state index in [1.807, 2.05) is 24.4 Å². The summed E-state index contributed by atoms with van der Waals surface area (Å²) in [6.45, 7) is 3.98. The fourth-order valence-corrected chi connectivity index (χ4v) is 2.03. The third kappa shape index (κ3) is 4.62. The minimum Gasteiger partial charge on any atom is -0.371 e. The molecule has 2 atom stereocenters. The number of hydrogen-bond acceptors (Lipinski definition) is 3. The second-order valence-electron chi connectivity index (χ2n) is 4.38. The highest BCUT2D eigenvalue weighted by molar-refractivity contribution is 5.85. The van der Waals surface area contributed by atoms with Gasteiger partial charge in [-0.2, -0.15) is 0 Å². The van der Waals surface area contributed by atoms with Crippen LogP contribution in [-0.4, -0.2) is 24.2 Å². The summed E-state index contributed by atoms with van der Waals surface area (Å²) in [6.07, 6.45) is 5.75. The highest BCUT2D eigenvalue weighted by Gasteiger charge is 2.14. The number of aromatic nitrogens is 1. The average Bonchev–Trinajstić information content (AvgIpc) is 2.38. The van der Waals surface area contributed by atoms with Crippen molar-refractivity contribution in [2.24, 2.45) is 0 Å². The van der Waals surface area contributed by atoms with E-state index < -0.39 is 0 Å². The fraction of sp³-hybridized carbons (Fsp3) is 0.615. The van der Waals surface area contributed by atoms with Gasteiger partial charge in [0.15, 0.2) is 0 Å². The first kappa shape index (κ1) is 14.4. The zero-order valence-corrected chi connectivity index (χ0v) is 11.1. The molecule has 1 aromatic heterocycles. The molecule has 0 aromatic carbocycles. The number of piperidine rings is 1. The molecule has 1 saturated heterocycles. The molecule has 0 radical (unpaired) electrons. The number of halogens is 1.